The Morgan fingerprint density at radius 2 is 1.94 bits per heavy atom. The van der Waals surface area contributed by atoms with Crippen molar-refractivity contribution in [3.05, 3.63) is 48.8 Å². The first-order chi connectivity index (χ1) is 8.85. The first-order valence-corrected chi connectivity index (χ1v) is 6.38. The van der Waals surface area contributed by atoms with E-state index in [1.165, 1.54) is 11.4 Å². The van der Waals surface area contributed by atoms with Crippen molar-refractivity contribution in [3.8, 4) is 5.69 Å². The van der Waals surface area contributed by atoms with Gasteiger partial charge in [-0.15, -0.1) is 0 Å². The normalized spacial score (nSPS) is 22.5. The molecule has 0 unspecified atom stereocenters. The van der Waals surface area contributed by atoms with Gasteiger partial charge in [-0.1, -0.05) is 6.07 Å². The monoisotopic (exact) mass is 242 g/mol. The second kappa shape index (κ2) is 4.86. The van der Waals surface area contributed by atoms with Crippen molar-refractivity contribution < 1.29 is 4.74 Å². The van der Waals surface area contributed by atoms with Crippen molar-refractivity contribution in [3.63, 3.8) is 0 Å². The predicted octanol–water partition coefficient (Wildman–Crippen LogP) is 3.07. The van der Waals surface area contributed by atoms with Crippen LogP contribution in [0.5, 0.6) is 0 Å². The summed E-state index contributed by atoms with van der Waals surface area (Å²) in [5.74, 6) is 0. The maximum atomic E-state index is 5.29. The fourth-order valence-electron chi connectivity index (χ4n) is 2.37. The lowest BCUT2D eigenvalue weighted by atomic mass is 9.89. The minimum atomic E-state index is 0.440. The second-order valence-corrected chi connectivity index (χ2v) is 4.81. The van der Waals surface area contributed by atoms with E-state index in [4.69, 9.17) is 4.74 Å². The summed E-state index contributed by atoms with van der Waals surface area (Å²) < 4.78 is 7.41. The molecule has 2 aromatic rings. The van der Waals surface area contributed by atoms with E-state index in [9.17, 15) is 0 Å². The third-order valence-corrected chi connectivity index (χ3v) is 3.55. The largest absolute Gasteiger partial charge is 0.382 e. The van der Waals surface area contributed by atoms with E-state index in [1.807, 2.05) is 12.1 Å². The molecule has 0 radical (unpaired) electrons. The highest BCUT2D eigenvalue weighted by Crippen LogP contribution is 2.27. The lowest BCUT2D eigenvalue weighted by molar-refractivity contribution is 0.0329. The fraction of sp³-hybridized carbons (Fsp3) is 0.333. The summed E-state index contributed by atoms with van der Waals surface area (Å²) in [5.41, 5.74) is 2.37. The van der Waals surface area contributed by atoms with Crippen LogP contribution in [-0.2, 0) is 4.74 Å². The van der Waals surface area contributed by atoms with Crippen molar-refractivity contribution in [1.82, 2.24) is 4.57 Å². The van der Waals surface area contributed by atoms with Crippen molar-refractivity contribution in [2.24, 2.45) is 0 Å². The molecule has 0 amide bonds. The van der Waals surface area contributed by atoms with Crippen molar-refractivity contribution in [1.29, 1.82) is 0 Å². The van der Waals surface area contributed by atoms with Crippen molar-refractivity contribution in [2.45, 2.75) is 25.0 Å². The van der Waals surface area contributed by atoms with Gasteiger partial charge in [-0.05, 0) is 43.2 Å². The van der Waals surface area contributed by atoms with E-state index in [-0.39, 0.29) is 0 Å². The highest BCUT2D eigenvalue weighted by Gasteiger charge is 2.28. The molecule has 1 aromatic carbocycles. The lowest BCUT2D eigenvalue weighted by Crippen LogP contribution is -2.40. The first kappa shape index (κ1) is 11.4. The van der Waals surface area contributed by atoms with E-state index in [2.05, 4.69) is 46.5 Å². The number of benzene rings is 1. The van der Waals surface area contributed by atoms with Crippen molar-refractivity contribution >= 4 is 5.69 Å². The topological polar surface area (TPSA) is 26.2 Å². The summed E-state index contributed by atoms with van der Waals surface area (Å²) in [7, 11) is 1.79. The van der Waals surface area contributed by atoms with Crippen LogP contribution >= 0.6 is 0 Å². The second-order valence-electron chi connectivity index (χ2n) is 4.81. The molecule has 1 aliphatic carbocycles. The molecule has 1 heterocycles. The number of hydrogen-bond acceptors (Lipinski definition) is 2. The third-order valence-electron chi connectivity index (χ3n) is 3.55. The Kier molecular flexibility index (Phi) is 3.07. The molecule has 0 saturated heterocycles. The number of aromatic nitrogens is 1. The SMILES string of the molecule is COC1CC(Nc2cccc(-n3cccc3)c2)C1. The molecule has 1 saturated carbocycles. The van der Waals surface area contributed by atoms with E-state index in [0.717, 1.165) is 12.8 Å². The standard InChI is InChI=1S/C15H18N2O/c1-18-15-10-13(11-15)16-12-5-4-6-14(9-12)17-7-2-3-8-17/h2-9,13,15-16H,10-11H2,1H3. The number of hydrogen-bond donors (Lipinski definition) is 1. The number of ether oxygens (including phenoxy) is 1. The van der Waals surface area contributed by atoms with Crippen LogP contribution in [-0.4, -0.2) is 23.8 Å². The zero-order valence-corrected chi connectivity index (χ0v) is 10.5. The Morgan fingerprint density at radius 3 is 2.67 bits per heavy atom. The molecule has 1 N–H and O–H groups in total. The van der Waals surface area contributed by atoms with Gasteiger partial charge in [0.05, 0.1) is 6.10 Å². The smallest absolute Gasteiger partial charge is 0.0610 e. The summed E-state index contributed by atoms with van der Waals surface area (Å²) in [6, 6.07) is 13.1. The molecule has 3 rings (SSSR count). The molecule has 0 bridgehead atoms. The lowest BCUT2D eigenvalue weighted by Gasteiger charge is -2.35. The van der Waals surface area contributed by atoms with Gasteiger partial charge in [0.2, 0.25) is 0 Å². The highest BCUT2D eigenvalue weighted by molar-refractivity contribution is 5.52. The molecule has 1 fully saturated rings. The van der Waals surface area contributed by atoms with Gasteiger partial charge in [0.1, 0.15) is 0 Å². The van der Waals surface area contributed by atoms with Crippen LogP contribution < -0.4 is 5.32 Å². The summed E-state index contributed by atoms with van der Waals surface area (Å²) >= 11 is 0. The summed E-state index contributed by atoms with van der Waals surface area (Å²) in [6.07, 6.45) is 6.76. The van der Waals surface area contributed by atoms with E-state index < -0.39 is 0 Å². The van der Waals surface area contributed by atoms with Gasteiger partial charge in [-0.2, -0.15) is 0 Å². The van der Waals surface area contributed by atoms with Crippen LogP contribution in [0, 0.1) is 0 Å². The molecule has 1 aromatic heterocycles. The Morgan fingerprint density at radius 1 is 1.17 bits per heavy atom. The summed E-state index contributed by atoms with van der Waals surface area (Å²) in [4.78, 5) is 0. The fourth-order valence-corrected chi connectivity index (χ4v) is 2.37. The van der Waals surface area contributed by atoms with Gasteiger partial charge in [0, 0.05) is 36.9 Å². The van der Waals surface area contributed by atoms with Gasteiger partial charge in [-0.3, -0.25) is 0 Å². The molecular formula is C15H18N2O. The molecule has 3 heteroatoms. The molecule has 0 spiro atoms. The van der Waals surface area contributed by atoms with Gasteiger partial charge in [0.25, 0.3) is 0 Å². The zero-order valence-electron chi connectivity index (χ0n) is 10.5. The van der Waals surface area contributed by atoms with Crippen LogP contribution in [0.3, 0.4) is 0 Å². The number of rotatable bonds is 4. The van der Waals surface area contributed by atoms with Crippen molar-refractivity contribution in [2.75, 3.05) is 12.4 Å². The molecular weight excluding hydrogens is 224 g/mol. The maximum absolute atomic E-state index is 5.29. The molecule has 0 aliphatic heterocycles. The molecule has 0 atom stereocenters. The van der Waals surface area contributed by atoms with E-state index in [1.54, 1.807) is 7.11 Å². The highest BCUT2D eigenvalue weighted by atomic mass is 16.5. The quantitative estimate of drug-likeness (QED) is 0.891. The molecule has 1 aliphatic rings. The number of nitrogens with zero attached hydrogens (tertiary/aromatic N) is 1. The summed E-state index contributed by atoms with van der Waals surface area (Å²) in [6.45, 7) is 0. The average molecular weight is 242 g/mol. The van der Waals surface area contributed by atoms with Crippen LogP contribution in [0.1, 0.15) is 12.8 Å². The molecule has 3 nitrogen and oxygen atoms in total. The minimum absolute atomic E-state index is 0.440. The van der Waals surface area contributed by atoms with Gasteiger partial charge < -0.3 is 14.6 Å². The number of methoxy groups -OCH3 is 1. The van der Waals surface area contributed by atoms with Gasteiger partial charge in [-0.25, -0.2) is 0 Å². The molecule has 94 valence electrons. The Hall–Kier alpha value is -1.74. The number of anilines is 1. The first-order valence-electron chi connectivity index (χ1n) is 6.38. The number of nitrogens with one attached hydrogen (secondary N) is 1. The Bertz CT molecular complexity index is 501. The zero-order chi connectivity index (χ0) is 12.4. The maximum Gasteiger partial charge on any atom is 0.0610 e. The van der Waals surface area contributed by atoms with E-state index >= 15 is 0 Å². The Labute approximate surface area is 107 Å². The Balaban J connectivity index is 1.68. The van der Waals surface area contributed by atoms with Crippen LogP contribution in [0.2, 0.25) is 0 Å². The van der Waals surface area contributed by atoms with Gasteiger partial charge >= 0.3 is 0 Å². The van der Waals surface area contributed by atoms with Gasteiger partial charge in [0.15, 0.2) is 0 Å². The average Bonchev–Trinajstić information content (AvgIpc) is 2.87. The summed E-state index contributed by atoms with van der Waals surface area (Å²) in [5, 5.41) is 3.55. The predicted molar refractivity (Wildman–Crippen MR) is 73.2 cm³/mol. The van der Waals surface area contributed by atoms with Crippen LogP contribution in [0.4, 0.5) is 5.69 Å². The minimum Gasteiger partial charge on any atom is -0.382 e. The van der Waals surface area contributed by atoms with Crippen LogP contribution in [0.25, 0.3) is 5.69 Å². The van der Waals surface area contributed by atoms with E-state index in [0.29, 0.717) is 12.1 Å². The molecule has 18 heavy (non-hydrogen) atoms. The van der Waals surface area contributed by atoms with Crippen LogP contribution in [0.15, 0.2) is 48.8 Å². The third kappa shape index (κ3) is 2.27.